The minimum Gasteiger partial charge on any atom is -0.354 e. The molecule has 0 amide bonds. The van der Waals surface area contributed by atoms with Gasteiger partial charge in [-0.1, -0.05) is 88.7 Å². The first kappa shape index (κ1) is 17.5. The summed E-state index contributed by atoms with van der Waals surface area (Å²) in [5.41, 5.74) is 7.19. The number of hydrogen-bond acceptors (Lipinski definition) is 0. The van der Waals surface area contributed by atoms with Crippen LogP contribution in [0.3, 0.4) is 0 Å². The van der Waals surface area contributed by atoms with Crippen LogP contribution >= 0.6 is 15.9 Å². The summed E-state index contributed by atoms with van der Waals surface area (Å²) in [7, 11) is 0. The highest BCUT2D eigenvalue weighted by molar-refractivity contribution is 9.10. The number of fused-ring (bicyclic) bond motifs is 4. The Kier molecular flexibility index (Phi) is 4.00. The molecule has 5 aromatic carbocycles. The molecule has 0 aliphatic rings. The minimum absolute atomic E-state index is 1.10. The molecule has 0 aliphatic carbocycles. The highest BCUT2D eigenvalue weighted by atomic mass is 79.9. The highest BCUT2D eigenvalue weighted by Crippen LogP contribution is 2.40. The minimum atomic E-state index is 1.10. The molecule has 2 heteroatoms. The topological polar surface area (TPSA) is 15.8 Å². The number of rotatable bonds is 2. The van der Waals surface area contributed by atoms with Gasteiger partial charge in [-0.2, -0.15) is 0 Å². The second kappa shape index (κ2) is 6.86. The second-order valence-electron chi connectivity index (χ2n) is 7.66. The maximum Gasteiger partial charge on any atom is 0.0545 e. The van der Waals surface area contributed by atoms with E-state index in [1.165, 1.54) is 49.3 Å². The van der Waals surface area contributed by atoms with Crippen molar-refractivity contribution in [2.45, 2.75) is 0 Å². The Morgan fingerprint density at radius 3 is 2.20 bits per heavy atom. The van der Waals surface area contributed by atoms with E-state index >= 15 is 0 Å². The molecule has 0 bridgehead atoms. The summed E-state index contributed by atoms with van der Waals surface area (Å²) in [6, 6.07) is 36.8. The average molecular weight is 448 g/mol. The van der Waals surface area contributed by atoms with Gasteiger partial charge in [0.05, 0.1) is 5.52 Å². The second-order valence-corrected chi connectivity index (χ2v) is 8.51. The summed E-state index contributed by atoms with van der Waals surface area (Å²) >= 11 is 3.76. The third kappa shape index (κ3) is 2.76. The van der Waals surface area contributed by atoms with Gasteiger partial charge in [0.1, 0.15) is 0 Å². The largest absolute Gasteiger partial charge is 0.354 e. The zero-order chi connectivity index (χ0) is 20.1. The highest BCUT2D eigenvalue weighted by Gasteiger charge is 2.14. The number of para-hydroxylation sites is 1. The standard InChI is InChI=1S/C28H18BrN/c29-26-11-5-3-9-22(26)24-16-21(20-14-13-18-7-1-2-8-19(18)15-20)17-25-23-10-4-6-12-27(23)30-28(24)25/h1-17,30H. The zero-order valence-corrected chi connectivity index (χ0v) is 17.8. The third-order valence-corrected chi connectivity index (χ3v) is 6.55. The van der Waals surface area contributed by atoms with Gasteiger partial charge in [-0.05, 0) is 57.8 Å². The van der Waals surface area contributed by atoms with E-state index in [2.05, 4.69) is 124 Å². The lowest BCUT2D eigenvalue weighted by Crippen LogP contribution is -1.86. The molecule has 1 heterocycles. The average Bonchev–Trinajstić information content (AvgIpc) is 3.17. The van der Waals surface area contributed by atoms with Crippen LogP contribution in [0, 0.1) is 0 Å². The van der Waals surface area contributed by atoms with Crippen molar-refractivity contribution in [3.8, 4) is 22.3 Å². The fourth-order valence-corrected chi connectivity index (χ4v) is 4.88. The number of benzene rings is 5. The first-order chi connectivity index (χ1) is 14.8. The lowest BCUT2D eigenvalue weighted by molar-refractivity contribution is 1.52. The van der Waals surface area contributed by atoms with Gasteiger partial charge >= 0.3 is 0 Å². The molecule has 6 aromatic rings. The number of aromatic nitrogens is 1. The molecule has 0 radical (unpaired) electrons. The van der Waals surface area contributed by atoms with Crippen LogP contribution in [-0.2, 0) is 0 Å². The molecule has 0 saturated carbocycles. The Balaban J connectivity index is 1.70. The molecule has 0 spiro atoms. The van der Waals surface area contributed by atoms with Gasteiger partial charge in [-0.3, -0.25) is 0 Å². The van der Waals surface area contributed by atoms with Crippen LogP contribution in [-0.4, -0.2) is 4.98 Å². The first-order valence-electron chi connectivity index (χ1n) is 10.1. The van der Waals surface area contributed by atoms with Crippen LogP contribution < -0.4 is 0 Å². The quantitative estimate of drug-likeness (QED) is 0.273. The number of aromatic amines is 1. The van der Waals surface area contributed by atoms with Gasteiger partial charge in [0.25, 0.3) is 0 Å². The molecule has 0 unspecified atom stereocenters. The summed E-state index contributed by atoms with van der Waals surface area (Å²) < 4.78 is 1.10. The van der Waals surface area contributed by atoms with Crippen molar-refractivity contribution in [3.63, 3.8) is 0 Å². The monoisotopic (exact) mass is 447 g/mol. The van der Waals surface area contributed by atoms with Gasteiger partial charge in [-0.15, -0.1) is 0 Å². The summed E-state index contributed by atoms with van der Waals surface area (Å²) in [6.07, 6.45) is 0. The summed E-state index contributed by atoms with van der Waals surface area (Å²) in [5.74, 6) is 0. The van der Waals surface area contributed by atoms with Gasteiger partial charge in [0.15, 0.2) is 0 Å². The molecular formula is C28H18BrN. The molecule has 6 rings (SSSR count). The first-order valence-corrected chi connectivity index (χ1v) is 10.9. The van der Waals surface area contributed by atoms with E-state index in [9.17, 15) is 0 Å². The van der Waals surface area contributed by atoms with Crippen molar-refractivity contribution >= 4 is 48.5 Å². The van der Waals surface area contributed by atoms with Gasteiger partial charge in [-0.25, -0.2) is 0 Å². The molecule has 1 aromatic heterocycles. The summed E-state index contributed by atoms with van der Waals surface area (Å²) in [6.45, 7) is 0. The van der Waals surface area contributed by atoms with Crippen LogP contribution in [0.5, 0.6) is 0 Å². The van der Waals surface area contributed by atoms with E-state index < -0.39 is 0 Å². The number of H-pyrrole nitrogens is 1. The fourth-order valence-electron chi connectivity index (χ4n) is 4.38. The summed E-state index contributed by atoms with van der Waals surface area (Å²) in [5, 5.41) is 5.03. The summed E-state index contributed by atoms with van der Waals surface area (Å²) in [4.78, 5) is 3.66. The van der Waals surface area contributed by atoms with Gasteiger partial charge in [0.2, 0.25) is 0 Å². The molecule has 0 saturated heterocycles. The van der Waals surface area contributed by atoms with E-state index in [4.69, 9.17) is 0 Å². The Bertz CT molecular complexity index is 1560. The van der Waals surface area contributed by atoms with Crippen molar-refractivity contribution in [2.75, 3.05) is 0 Å². The normalized spacial score (nSPS) is 11.5. The lowest BCUT2D eigenvalue weighted by Gasteiger charge is -2.11. The van der Waals surface area contributed by atoms with Crippen molar-refractivity contribution in [2.24, 2.45) is 0 Å². The van der Waals surface area contributed by atoms with Crippen LogP contribution in [0.15, 0.2) is 108 Å². The van der Waals surface area contributed by atoms with Crippen molar-refractivity contribution in [1.82, 2.24) is 4.98 Å². The van der Waals surface area contributed by atoms with E-state index in [-0.39, 0.29) is 0 Å². The van der Waals surface area contributed by atoms with Crippen molar-refractivity contribution < 1.29 is 0 Å². The third-order valence-electron chi connectivity index (χ3n) is 5.86. The van der Waals surface area contributed by atoms with Crippen LogP contribution in [0.4, 0.5) is 0 Å². The smallest absolute Gasteiger partial charge is 0.0545 e. The zero-order valence-electron chi connectivity index (χ0n) is 16.2. The van der Waals surface area contributed by atoms with E-state index in [0.717, 1.165) is 9.99 Å². The van der Waals surface area contributed by atoms with Crippen LogP contribution in [0.25, 0.3) is 54.8 Å². The maximum atomic E-state index is 3.76. The van der Waals surface area contributed by atoms with Gasteiger partial charge in [0, 0.05) is 26.3 Å². The number of halogens is 1. The Morgan fingerprint density at radius 1 is 0.533 bits per heavy atom. The van der Waals surface area contributed by atoms with Gasteiger partial charge < -0.3 is 4.98 Å². The lowest BCUT2D eigenvalue weighted by atomic mass is 9.94. The number of hydrogen-bond donors (Lipinski definition) is 1. The predicted molar refractivity (Wildman–Crippen MR) is 132 cm³/mol. The molecular weight excluding hydrogens is 430 g/mol. The Hall–Kier alpha value is -3.36. The Morgan fingerprint density at radius 2 is 1.30 bits per heavy atom. The SMILES string of the molecule is Brc1ccccc1-c1cc(-c2ccc3ccccc3c2)cc2c1[nH]c1ccccc12. The van der Waals surface area contributed by atoms with Crippen molar-refractivity contribution in [1.29, 1.82) is 0 Å². The van der Waals surface area contributed by atoms with Crippen molar-refractivity contribution in [3.05, 3.63) is 108 Å². The molecule has 1 N–H and O–H groups in total. The van der Waals surface area contributed by atoms with E-state index in [0.29, 0.717) is 0 Å². The molecule has 30 heavy (non-hydrogen) atoms. The molecule has 0 fully saturated rings. The fraction of sp³-hybridized carbons (Fsp3) is 0. The van der Waals surface area contributed by atoms with Crippen LogP contribution in [0.2, 0.25) is 0 Å². The molecule has 0 atom stereocenters. The predicted octanol–water partition coefficient (Wildman–Crippen LogP) is 8.57. The number of nitrogens with one attached hydrogen (secondary N) is 1. The Labute approximate surface area is 183 Å². The van der Waals surface area contributed by atoms with E-state index in [1.807, 2.05) is 0 Å². The van der Waals surface area contributed by atoms with E-state index in [1.54, 1.807) is 0 Å². The molecule has 0 aliphatic heterocycles. The molecule has 1 nitrogen and oxygen atoms in total. The molecule has 142 valence electrons. The van der Waals surface area contributed by atoms with Crippen LogP contribution in [0.1, 0.15) is 0 Å². The maximum absolute atomic E-state index is 3.76.